The summed E-state index contributed by atoms with van der Waals surface area (Å²) in [6.07, 6.45) is 5.85. The summed E-state index contributed by atoms with van der Waals surface area (Å²) in [5, 5.41) is 23.8. The first-order valence-electron chi connectivity index (χ1n) is 12.0. The molecule has 4 N–H and O–H groups in total. The number of nitrogen functional groups attached to an aromatic ring is 1. The Kier molecular flexibility index (Phi) is 6.32. The van der Waals surface area contributed by atoms with Crippen molar-refractivity contribution in [1.82, 2.24) is 19.6 Å². The minimum Gasteiger partial charge on any atom is -0.394 e. The number of hydrogen-bond acceptors (Lipinski definition) is 7. The summed E-state index contributed by atoms with van der Waals surface area (Å²) in [7, 11) is 0. The number of aliphatic hydroxyl groups is 2. The molecule has 8 heteroatoms. The van der Waals surface area contributed by atoms with E-state index in [0.29, 0.717) is 16.9 Å². The molecule has 1 aliphatic carbocycles. The largest absolute Gasteiger partial charge is 0.394 e. The van der Waals surface area contributed by atoms with Crippen molar-refractivity contribution in [2.75, 3.05) is 12.3 Å². The fourth-order valence-corrected chi connectivity index (χ4v) is 5.15. The lowest BCUT2D eigenvalue weighted by Gasteiger charge is -2.31. The quantitative estimate of drug-likeness (QED) is 0.364. The van der Waals surface area contributed by atoms with E-state index >= 15 is 0 Å². The van der Waals surface area contributed by atoms with E-state index in [2.05, 4.69) is 10.1 Å². The number of ketones is 1. The van der Waals surface area contributed by atoms with Gasteiger partial charge in [0.2, 0.25) is 0 Å². The third-order valence-electron chi connectivity index (χ3n) is 7.10. The Morgan fingerprint density at radius 3 is 2.46 bits per heavy atom. The summed E-state index contributed by atoms with van der Waals surface area (Å²) >= 11 is 0. The van der Waals surface area contributed by atoms with Crippen LogP contribution in [0.5, 0.6) is 0 Å². The SMILES string of the molecule is CC(=O)c1c(C2CCC([C@@H](O)CO)CC2)nc2c(-c3ccc(-c4ccccc4)nc3)cnn2c1N. The number of anilines is 1. The summed E-state index contributed by atoms with van der Waals surface area (Å²) < 4.78 is 1.53. The van der Waals surface area contributed by atoms with Gasteiger partial charge in [0.1, 0.15) is 5.82 Å². The van der Waals surface area contributed by atoms with Gasteiger partial charge in [-0.25, -0.2) is 4.98 Å². The lowest BCUT2D eigenvalue weighted by Crippen LogP contribution is -2.28. The normalized spacial score (nSPS) is 19.1. The summed E-state index contributed by atoms with van der Waals surface area (Å²) in [5.74, 6) is 0.244. The third-order valence-corrected chi connectivity index (χ3v) is 7.10. The second kappa shape index (κ2) is 9.56. The Balaban J connectivity index is 1.53. The van der Waals surface area contributed by atoms with Crippen LogP contribution in [-0.2, 0) is 0 Å². The first-order chi connectivity index (χ1) is 17.0. The fraction of sp³-hybridized carbons (Fsp3) is 0.333. The molecule has 35 heavy (non-hydrogen) atoms. The second-order valence-electron chi connectivity index (χ2n) is 9.27. The molecule has 0 saturated heterocycles. The summed E-state index contributed by atoms with van der Waals surface area (Å²) in [6, 6.07) is 13.9. The fourth-order valence-electron chi connectivity index (χ4n) is 5.15. The Hall–Kier alpha value is -3.62. The van der Waals surface area contributed by atoms with Gasteiger partial charge < -0.3 is 15.9 Å². The maximum atomic E-state index is 12.6. The molecule has 1 fully saturated rings. The predicted octanol–water partition coefficient (Wildman–Crippen LogP) is 3.87. The molecule has 0 unspecified atom stereocenters. The lowest BCUT2D eigenvalue weighted by atomic mass is 9.77. The Labute approximate surface area is 203 Å². The van der Waals surface area contributed by atoms with Gasteiger partial charge >= 0.3 is 0 Å². The molecule has 1 atom stereocenters. The lowest BCUT2D eigenvalue weighted by molar-refractivity contribution is 0.0300. The van der Waals surface area contributed by atoms with Crippen molar-refractivity contribution in [3.8, 4) is 22.4 Å². The highest BCUT2D eigenvalue weighted by Gasteiger charge is 2.31. The number of hydrogen-bond donors (Lipinski definition) is 3. The number of aromatic nitrogens is 4. The monoisotopic (exact) mass is 471 g/mol. The van der Waals surface area contributed by atoms with Crippen molar-refractivity contribution in [3.63, 3.8) is 0 Å². The first kappa shape index (κ1) is 23.1. The summed E-state index contributed by atoms with van der Waals surface area (Å²) in [6.45, 7) is 1.27. The van der Waals surface area contributed by atoms with Gasteiger partial charge in [-0.05, 0) is 44.6 Å². The van der Waals surface area contributed by atoms with Crippen LogP contribution in [0.1, 0.15) is 54.6 Å². The highest BCUT2D eigenvalue weighted by atomic mass is 16.3. The molecule has 1 saturated carbocycles. The van der Waals surface area contributed by atoms with Crippen LogP contribution in [0.4, 0.5) is 5.82 Å². The number of nitrogens with zero attached hydrogens (tertiary/aromatic N) is 4. The van der Waals surface area contributed by atoms with Crippen molar-refractivity contribution < 1.29 is 15.0 Å². The zero-order chi connectivity index (χ0) is 24.5. The van der Waals surface area contributed by atoms with Gasteiger partial charge in [0.25, 0.3) is 0 Å². The van der Waals surface area contributed by atoms with Crippen molar-refractivity contribution in [3.05, 3.63) is 66.1 Å². The van der Waals surface area contributed by atoms with E-state index in [4.69, 9.17) is 10.7 Å². The Morgan fingerprint density at radius 2 is 1.83 bits per heavy atom. The van der Waals surface area contributed by atoms with Crippen molar-refractivity contribution in [2.24, 2.45) is 5.92 Å². The average molecular weight is 472 g/mol. The minimum absolute atomic E-state index is 0.0460. The van der Waals surface area contributed by atoms with Gasteiger partial charge in [0.15, 0.2) is 11.4 Å². The Bertz CT molecular complexity index is 1340. The molecule has 8 nitrogen and oxygen atoms in total. The van der Waals surface area contributed by atoms with Crippen molar-refractivity contribution in [1.29, 1.82) is 0 Å². The van der Waals surface area contributed by atoms with Crippen LogP contribution in [0, 0.1) is 5.92 Å². The molecule has 0 amide bonds. The number of pyridine rings is 1. The van der Waals surface area contributed by atoms with Gasteiger partial charge in [0.05, 0.1) is 35.9 Å². The molecule has 0 spiro atoms. The highest BCUT2D eigenvalue weighted by molar-refractivity contribution is 6.00. The van der Waals surface area contributed by atoms with E-state index in [1.54, 1.807) is 12.4 Å². The molecule has 0 radical (unpaired) electrons. The number of carbonyl (C=O) groups is 1. The first-order valence-corrected chi connectivity index (χ1v) is 12.0. The van der Waals surface area contributed by atoms with Gasteiger partial charge in [-0.1, -0.05) is 36.4 Å². The van der Waals surface area contributed by atoms with E-state index in [-0.39, 0.29) is 30.0 Å². The molecule has 1 aliphatic rings. The number of rotatable bonds is 6. The topological polar surface area (TPSA) is 127 Å². The van der Waals surface area contributed by atoms with E-state index in [1.807, 2.05) is 42.5 Å². The number of benzene rings is 1. The molecular weight excluding hydrogens is 442 g/mol. The molecule has 5 rings (SSSR count). The van der Waals surface area contributed by atoms with Crippen LogP contribution in [0.2, 0.25) is 0 Å². The van der Waals surface area contributed by atoms with Crippen LogP contribution in [0.25, 0.3) is 28.0 Å². The zero-order valence-electron chi connectivity index (χ0n) is 19.6. The molecule has 0 aliphatic heterocycles. The number of Topliss-reactive ketones (excluding diaryl/α,β-unsaturated/α-hetero) is 1. The predicted molar refractivity (Wildman–Crippen MR) is 134 cm³/mol. The maximum Gasteiger partial charge on any atom is 0.165 e. The van der Waals surface area contributed by atoms with E-state index in [0.717, 1.165) is 48.1 Å². The van der Waals surface area contributed by atoms with E-state index < -0.39 is 6.10 Å². The van der Waals surface area contributed by atoms with Crippen LogP contribution < -0.4 is 5.73 Å². The molecule has 0 bridgehead atoms. The van der Waals surface area contributed by atoms with Gasteiger partial charge in [0, 0.05) is 28.8 Å². The van der Waals surface area contributed by atoms with Crippen LogP contribution >= 0.6 is 0 Å². The maximum absolute atomic E-state index is 12.6. The number of carbonyl (C=O) groups excluding carboxylic acids is 1. The molecular formula is C27H29N5O3. The number of nitrogens with two attached hydrogens (primary N) is 1. The number of fused-ring (bicyclic) bond motifs is 1. The van der Waals surface area contributed by atoms with Crippen molar-refractivity contribution >= 4 is 17.2 Å². The summed E-state index contributed by atoms with van der Waals surface area (Å²) in [5.41, 5.74) is 11.7. The third kappa shape index (κ3) is 4.31. The molecule has 3 heterocycles. The zero-order valence-corrected chi connectivity index (χ0v) is 19.6. The van der Waals surface area contributed by atoms with Gasteiger partial charge in [-0.3, -0.25) is 9.78 Å². The molecule has 4 aromatic rings. The summed E-state index contributed by atoms with van der Waals surface area (Å²) in [4.78, 5) is 22.2. The smallest absolute Gasteiger partial charge is 0.165 e. The highest BCUT2D eigenvalue weighted by Crippen LogP contribution is 2.40. The van der Waals surface area contributed by atoms with Crippen LogP contribution in [-0.4, -0.2) is 48.3 Å². The second-order valence-corrected chi connectivity index (χ2v) is 9.27. The average Bonchev–Trinajstić information content (AvgIpc) is 3.33. The molecule has 1 aromatic carbocycles. The van der Waals surface area contributed by atoms with Gasteiger partial charge in [-0.15, -0.1) is 0 Å². The number of aliphatic hydroxyl groups excluding tert-OH is 2. The molecule has 3 aromatic heterocycles. The standard InChI is InChI=1S/C27H29N5O3/c1-16(34)24-25(19-9-7-18(8-10-19)23(35)15-33)31-27-21(14-30-32(27)26(24)28)20-11-12-22(29-13-20)17-5-3-2-4-6-17/h2-6,11-14,18-19,23,33,35H,7-10,15,28H2,1H3/t18?,19?,23-/m0/s1. The van der Waals surface area contributed by atoms with Crippen LogP contribution in [0.15, 0.2) is 54.9 Å². The molecule has 180 valence electrons. The van der Waals surface area contributed by atoms with E-state index in [1.165, 1.54) is 11.4 Å². The van der Waals surface area contributed by atoms with E-state index in [9.17, 15) is 15.0 Å². The van der Waals surface area contributed by atoms with Gasteiger partial charge in [-0.2, -0.15) is 9.61 Å². The van der Waals surface area contributed by atoms with Crippen LogP contribution in [0.3, 0.4) is 0 Å². The Morgan fingerprint density at radius 1 is 1.09 bits per heavy atom. The van der Waals surface area contributed by atoms with Crippen molar-refractivity contribution in [2.45, 2.75) is 44.6 Å². The minimum atomic E-state index is -0.712.